The monoisotopic (exact) mass is 175 g/mol. The highest BCUT2D eigenvalue weighted by atomic mass is 33.5. The fourth-order valence-electron chi connectivity index (χ4n) is 0.439. The lowest BCUT2D eigenvalue weighted by Crippen LogP contribution is -1.67. The third-order valence-corrected chi connectivity index (χ3v) is 2.75. The van der Waals surface area contributed by atoms with Crippen LogP contribution in [0.1, 0.15) is 0 Å². The summed E-state index contributed by atoms with van der Waals surface area (Å²) < 4.78 is 0. The van der Waals surface area contributed by atoms with Crippen molar-refractivity contribution < 1.29 is 0 Å². The van der Waals surface area contributed by atoms with Gasteiger partial charge < -0.3 is 0 Å². The summed E-state index contributed by atoms with van der Waals surface area (Å²) in [5.74, 6) is 0. The van der Waals surface area contributed by atoms with E-state index in [9.17, 15) is 0 Å². The average molecular weight is 175 g/mol. The maximum atomic E-state index is 3.98. The summed E-state index contributed by atoms with van der Waals surface area (Å²) in [5.41, 5.74) is 0. The number of nitrogens with zero attached hydrogens (tertiary/aromatic N) is 1. The molecule has 9 heavy (non-hydrogen) atoms. The molecule has 1 heterocycles. The van der Waals surface area contributed by atoms with E-state index >= 15 is 0 Å². The molecule has 0 fully saturated rings. The number of rotatable bonds is 2. The van der Waals surface area contributed by atoms with Crippen LogP contribution in [0.2, 0.25) is 0 Å². The van der Waals surface area contributed by atoms with E-state index in [0.717, 1.165) is 4.90 Å². The Labute approximate surface area is 66.9 Å². The van der Waals surface area contributed by atoms with Gasteiger partial charge >= 0.3 is 0 Å². The molecule has 0 atom stereocenters. The van der Waals surface area contributed by atoms with Crippen molar-refractivity contribution in [3.8, 4) is 0 Å². The van der Waals surface area contributed by atoms with Crippen LogP contribution in [0, 0.1) is 0 Å². The van der Waals surface area contributed by atoms with Crippen LogP contribution in [0.15, 0.2) is 29.4 Å². The first kappa shape index (κ1) is 7.31. The van der Waals surface area contributed by atoms with Crippen molar-refractivity contribution in [2.45, 2.75) is 4.90 Å². The van der Waals surface area contributed by atoms with Crippen LogP contribution < -0.4 is 0 Å². The Morgan fingerprint density at radius 1 is 1.56 bits per heavy atom. The van der Waals surface area contributed by atoms with Gasteiger partial charge in [0.05, 0.1) is 0 Å². The minimum atomic E-state index is 1.14. The Morgan fingerprint density at radius 3 is 3.00 bits per heavy atom. The second-order valence-electron chi connectivity index (χ2n) is 1.35. The highest BCUT2D eigenvalue weighted by Crippen LogP contribution is 2.32. The van der Waals surface area contributed by atoms with E-state index in [2.05, 4.69) is 16.6 Å². The minimum Gasteiger partial charge on any atom is -0.264 e. The lowest BCUT2D eigenvalue weighted by molar-refractivity contribution is 1.24. The zero-order chi connectivity index (χ0) is 6.53. The van der Waals surface area contributed by atoms with Crippen LogP contribution in [0.4, 0.5) is 0 Å². The number of thiol groups is 1. The van der Waals surface area contributed by atoms with Crippen molar-refractivity contribution in [3.63, 3.8) is 0 Å². The SMILES string of the molecule is SSSc1cccnc1. The molecule has 0 aliphatic heterocycles. The van der Waals surface area contributed by atoms with Gasteiger partial charge in [-0.1, -0.05) is 11.7 Å². The Balaban J connectivity index is 2.61. The van der Waals surface area contributed by atoms with Gasteiger partial charge in [-0.15, -0.1) is 0 Å². The molecule has 1 rings (SSSR count). The summed E-state index contributed by atoms with van der Waals surface area (Å²) in [7, 11) is 3.02. The van der Waals surface area contributed by atoms with Crippen LogP contribution in [0.5, 0.6) is 0 Å². The predicted molar refractivity (Wildman–Crippen MR) is 46.7 cm³/mol. The molecule has 0 saturated carbocycles. The average Bonchev–Trinajstić information content (AvgIpc) is 1.91. The van der Waals surface area contributed by atoms with E-state index in [1.165, 1.54) is 9.83 Å². The van der Waals surface area contributed by atoms with Crippen LogP contribution in [0.25, 0.3) is 0 Å². The summed E-state index contributed by atoms with van der Waals surface area (Å²) in [4.78, 5) is 5.07. The number of hydrogen-bond donors (Lipinski definition) is 1. The van der Waals surface area contributed by atoms with Gasteiger partial charge in [-0.2, -0.15) is 0 Å². The van der Waals surface area contributed by atoms with Crippen molar-refractivity contribution in [1.82, 2.24) is 4.98 Å². The summed E-state index contributed by atoms with van der Waals surface area (Å²) >= 11 is 3.98. The minimum absolute atomic E-state index is 1.14. The topological polar surface area (TPSA) is 12.9 Å². The first-order valence-electron chi connectivity index (χ1n) is 2.31. The van der Waals surface area contributed by atoms with E-state index in [1.54, 1.807) is 17.0 Å². The van der Waals surface area contributed by atoms with Crippen molar-refractivity contribution in [1.29, 1.82) is 0 Å². The normalized spacial score (nSPS) is 9.44. The summed E-state index contributed by atoms with van der Waals surface area (Å²) in [5, 5.41) is 0. The van der Waals surface area contributed by atoms with Crippen LogP contribution >= 0.6 is 32.3 Å². The summed E-state index contributed by atoms with van der Waals surface area (Å²) in [6.07, 6.45) is 3.57. The Morgan fingerprint density at radius 2 is 2.44 bits per heavy atom. The quantitative estimate of drug-likeness (QED) is 0.548. The molecule has 0 bridgehead atoms. The first-order chi connectivity index (χ1) is 4.43. The Kier molecular flexibility index (Phi) is 3.32. The first-order valence-corrected chi connectivity index (χ1v) is 5.52. The molecule has 1 aromatic heterocycles. The Hall–Kier alpha value is 0.200. The molecular formula is C5H5NS3. The summed E-state index contributed by atoms with van der Waals surface area (Å²) in [6, 6.07) is 3.91. The van der Waals surface area contributed by atoms with Crippen molar-refractivity contribution in [2.75, 3.05) is 0 Å². The molecule has 0 amide bonds. The van der Waals surface area contributed by atoms with Gasteiger partial charge in [0.1, 0.15) is 0 Å². The van der Waals surface area contributed by atoms with Gasteiger partial charge in [0.2, 0.25) is 0 Å². The van der Waals surface area contributed by atoms with Gasteiger partial charge in [-0.3, -0.25) is 4.98 Å². The third kappa shape index (κ3) is 2.51. The zero-order valence-electron chi connectivity index (χ0n) is 4.52. The standard InChI is InChI=1S/C5H5NS3/c7-9-8-5-2-1-3-6-4-5/h1-4,7H. The lowest BCUT2D eigenvalue weighted by atomic mass is 10.5. The van der Waals surface area contributed by atoms with E-state index in [-0.39, 0.29) is 0 Å². The maximum absolute atomic E-state index is 3.98. The van der Waals surface area contributed by atoms with Crippen LogP contribution in [-0.2, 0) is 0 Å². The molecule has 1 aromatic rings. The Bertz CT molecular complexity index is 165. The number of pyridine rings is 1. The second-order valence-corrected chi connectivity index (χ2v) is 4.42. The molecule has 0 radical (unpaired) electrons. The van der Waals surface area contributed by atoms with Crippen molar-refractivity contribution >= 4 is 32.3 Å². The van der Waals surface area contributed by atoms with Crippen LogP contribution in [-0.4, -0.2) is 4.98 Å². The van der Waals surface area contributed by atoms with Crippen LogP contribution in [0.3, 0.4) is 0 Å². The maximum Gasteiger partial charge on any atom is 0.0412 e. The van der Waals surface area contributed by atoms with Gasteiger partial charge in [-0.05, 0) is 32.8 Å². The number of hydrogen-bond acceptors (Lipinski definition) is 4. The van der Waals surface area contributed by atoms with E-state index in [0.29, 0.717) is 0 Å². The van der Waals surface area contributed by atoms with Gasteiger partial charge in [-0.25, -0.2) is 0 Å². The molecule has 0 N–H and O–H groups in total. The molecule has 4 heteroatoms. The molecule has 0 aliphatic rings. The third-order valence-electron chi connectivity index (χ3n) is 0.768. The smallest absolute Gasteiger partial charge is 0.0412 e. The fraction of sp³-hybridized carbons (Fsp3) is 0. The lowest BCUT2D eigenvalue weighted by Gasteiger charge is -1.91. The fourth-order valence-corrected chi connectivity index (χ4v) is 2.09. The van der Waals surface area contributed by atoms with Crippen molar-refractivity contribution in [3.05, 3.63) is 24.5 Å². The van der Waals surface area contributed by atoms with Crippen molar-refractivity contribution in [2.24, 2.45) is 0 Å². The molecule has 48 valence electrons. The highest BCUT2D eigenvalue weighted by Gasteiger charge is 1.87. The number of aromatic nitrogens is 1. The van der Waals surface area contributed by atoms with E-state index in [4.69, 9.17) is 0 Å². The second kappa shape index (κ2) is 4.09. The molecule has 0 aliphatic carbocycles. The molecule has 0 saturated heterocycles. The van der Waals surface area contributed by atoms with Gasteiger partial charge in [0.25, 0.3) is 0 Å². The van der Waals surface area contributed by atoms with E-state index in [1.807, 2.05) is 18.3 Å². The molecule has 0 spiro atoms. The van der Waals surface area contributed by atoms with E-state index < -0.39 is 0 Å². The highest BCUT2D eigenvalue weighted by molar-refractivity contribution is 9.05. The molecule has 0 unspecified atom stereocenters. The predicted octanol–water partition coefficient (Wildman–Crippen LogP) is 2.67. The van der Waals surface area contributed by atoms with Gasteiger partial charge in [0.15, 0.2) is 0 Å². The summed E-state index contributed by atoms with van der Waals surface area (Å²) in [6.45, 7) is 0. The molecular weight excluding hydrogens is 170 g/mol. The van der Waals surface area contributed by atoms with Gasteiger partial charge in [0, 0.05) is 17.3 Å². The molecule has 1 nitrogen and oxygen atoms in total. The zero-order valence-corrected chi connectivity index (χ0v) is 7.05. The largest absolute Gasteiger partial charge is 0.264 e. The molecule has 0 aromatic carbocycles.